The van der Waals surface area contributed by atoms with Crippen molar-refractivity contribution >= 4 is 28.3 Å². The highest BCUT2D eigenvalue weighted by atomic mass is 32.1. The van der Waals surface area contributed by atoms with Gasteiger partial charge < -0.3 is 4.90 Å². The Morgan fingerprint density at radius 2 is 1.67 bits per heavy atom. The van der Waals surface area contributed by atoms with Gasteiger partial charge in [0.1, 0.15) is 0 Å². The number of amides is 2. The first kappa shape index (κ1) is 17.6. The molecule has 1 aromatic rings. The van der Waals surface area contributed by atoms with Crippen molar-refractivity contribution in [2.45, 2.75) is 41.5 Å². The molecular weight excluding hydrogens is 286 g/mol. The van der Waals surface area contributed by atoms with E-state index in [9.17, 15) is 9.59 Å². The molecule has 6 heteroatoms. The van der Waals surface area contributed by atoms with E-state index >= 15 is 0 Å². The molecule has 1 rings (SSSR count). The summed E-state index contributed by atoms with van der Waals surface area (Å²) in [4.78, 5) is 31.3. The molecule has 0 fully saturated rings. The van der Waals surface area contributed by atoms with Crippen molar-refractivity contribution in [3.63, 3.8) is 0 Å². The van der Waals surface area contributed by atoms with Crippen molar-refractivity contribution in [3.8, 4) is 0 Å². The number of carbonyl (C=O) groups is 2. The van der Waals surface area contributed by atoms with Crippen LogP contribution in [0.1, 0.15) is 38.3 Å². The lowest BCUT2D eigenvalue weighted by molar-refractivity contribution is -0.143. The van der Waals surface area contributed by atoms with E-state index in [4.69, 9.17) is 0 Å². The number of hydrogen-bond donors (Lipinski definition) is 1. The number of carbonyl (C=O) groups excluding carboxylic acids is 2. The summed E-state index contributed by atoms with van der Waals surface area (Å²) in [7, 11) is 0. The van der Waals surface area contributed by atoms with Gasteiger partial charge in [-0.1, -0.05) is 27.7 Å². The first-order valence-corrected chi connectivity index (χ1v) is 8.06. The van der Waals surface area contributed by atoms with Gasteiger partial charge in [0.25, 0.3) is 0 Å². The van der Waals surface area contributed by atoms with Gasteiger partial charge >= 0.3 is 11.8 Å². The Labute approximate surface area is 130 Å². The highest BCUT2D eigenvalue weighted by Crippen LogP contribution is 2.21. The van der Waals surface area contributed by atoms with Gasteiger partial charge in [-0.2, -0.15) is 0 Å². The molecule has 0 aliphatic rings. The minimum absolute atomic E-state index is 0.324. The van der Waals surface area contributed by atoms with Crippen molar-refractivity contribution in [2.75, 3.05) is 18.4 Å². The summed E-state index contributed by atoms with van der Waals surface area (Å²) in [6.07, 6.45) is 0. The molecule has 0 atom stereocenters. The van der Waals surface area contributed by atoms with Gasteiger partial charge in [-0.15, -0.1) is 11.3 Å². The maximum atomic E-state index is 12.3. The van der Waals surface area contributed by atoms with Crippen LogP contribution in [0.3, 0.4) is 0 Å². The number of hydrogen-bond acceptors (Lipinski definition) is 4. The van der Waals surface area contributed by atoms with Crippen molar-refractivity contribution in [1.29, 1.82) is 0 Å². The summed E-state index contributed by atoms with van der Waals surface area (Å²) in [5, 5.41) is 3.09. The first-order valence-electron chi connectivity index (χ1n) is 7.25. The molecule has 0 saturated heterocycles. The Balaban J connectivity index is 2.75. The monoisotopic (exact) mass is 311 g/mol. The number of anilines is 1. The van der Waals surface area contributed by atoms with Gasteiger partial charge in [0.05, 0.1) is 5.69 Å². The number of thiazole rings is 1. The second-order valence-electron chi connectivity index (χ2n) is 6.11. The molecule has 0 aliphatic carbocycles. The Kier molecular flexibility index (Phi) is 6.33. The van der Waals surface area contributed by atoms with E-state index < -0.39 is 11.8 Å². The zero-order chi connectivity index (χ0) is 16.2. The Hall–Kier alpha value is -1.43. The van der Waals surface area contributed by atoms with Gasteiger partial charge in [-0.05, 0) is 25.7 Å². The molecule has 2 amide bonds. The Bertz CT molecular complexity index is 480. The van der Waals surface area contributed by atoms with Crippen LogP contribution in [0.25, 0.3) is 0 Å². The molecule has 0 spiro atoms. The second kappa shape index (κ2) is 7.54. The largest absolute Gasteiger partial charge is 0.334 e. The number of aryl methyl sites for hydroxylation is 2. The summed E-state index contributed by atoms with van der Waals surface area (Å²) >= 11 is 1.39. The Morgan fingerprint density at radius 1 is 1.14 bits per heavy atom. The van der Waals surface area contributed by atoms with Gasteiger partial charge in [-0.3, -0.25) is 14.9 Å². The summed E-state index contributed by atoms with van der Waals surface area (Å²) in [6, 6.07) is 0. The van der Waals surface area contributed by atoms with Gasteiger partial charge in [0.2, 0.25) is 0 Å². The molecule has 0 bridgehead atoms. The predicted octanol–water partition coefficient (Wildman–Crippen LogP) is 2.84. The van der Waals surface area contributed by atoms with E-state index in [1.807, 2.05) is 41.5 Å². The van der Waals surface area contributed by atoms with E-state index in [1.165, 1.54) is 11.3 Å². The molecule has 0 aliphatic heterocycles. The van der Waals surface area contributed by atoms with Crippen molar-refractivity contribution in [1.82, 2.24) is 9.88 Å². The van der Waals surface area contributed by atoms with Crippen LogP contribution in [-0.2, 0) is 9.59 Å². The average molecular weight is 311 g/mol. The molecule has 0 saturated carbocycles. The topological polar surface area (TPSA) is 62.3 Å². The van der Waals surface area contributed by atoms with E-state index in [1.54, 1.807) is 4.90 Å². The van der Waals surface area contributed by atoms with Crippen LogP contribution in [0.2, 0.25) is 0 Å². The standard InChI is InChI=1S/C15H25N3O2S/c1-9(2)7-18(8-10(3)4)14(20)13(19)17-15-16-11(5)12(6)21-15/h9-10H,7-8H2,1-6H3,(H,16,17,19). The first-order chi connectivity index (χ1) is 9.70. The molecule has 0 radical (unpaired) electrons. The molecule has 118 valence electrons. The molecule has 0 aromatic carbocycles. The average Bonchev–Trinajstić information content (AvgIpc) is 2.65. The highest BCUT2D eigenvalue weighted by molar-refractivity contribution is 7.15. The molecule has 1 heterocycles. The van der Waals surface area contributed by atoms with Gasteiger partial charge in [0.15, 0.2) is 5.13 Å². The zero-order valence-electron chi connectivity index (χ0n) is 13.7. The normalized spacial score (nSPS) is 11.0. The summed E-state index contributed by atoms with van der Waals surface area (Å²) in [6.45, 7) is 13.1. The highest BCUT2D eigenvalue weighted by Gasteiger charge is 2.24. The van der Waals surface area contributed by atoms with Crippen LogP contribution >= 0.6 is 11.3 Å². The Morgan fingerprint density at radius 3 is 2.05 bits per heavy atom. The van der Waals surface area contributed by atoms with Crippen LogP contribution in [-0.4, -0.2) is 34.8 Å². The minimum atomic E-state index is -0.606. The fraction of sp³-hybridized carbons (Fsp3) is 0.667. The predicted molar refractivity (Wildman–Crippen MR) is 86.5 cm³/mol. The molecular formula is C15H25N3O2S. The van der Waals surface area contributed by atoms with Gasteiger partial charge in [-0.25, -0.2) is 4.98 Å². The molecule has 5 nitrogen and oxygen atoms in total. The summed E-state index contributed by atoms with van der Waals surface area (Å²) < 4.78 is 0. The zero-order valence-corrected chi connectivity index (χ0v) is 14.5. The number of nitrogens with one attached hydrogen (secondary N) is 1. The van der Waals surface area contributed by atoms with Crippen molar-refractivity contribution < 1.29 is 9.59 Å². The smallest absolute Gasteiger partial charge is 0.315 e. The van der Waals surface area contributed by atoms with Crippen LogP contribution in [0.5, 0.6) is 0 Å². The molecule has 1 aromatic heterocycles. The lowest BCUT2D eigenvalue weighted by Gasteiger charge is -2.25. The van der Waals surface area contributed by atoms with Crippen LogP contribution in [0.15, 0.2) is 0 Å². The number of rotatable bonds is 5. The third kappa shape index (κ3) is 5.46. The SMILES string of the molecule is Cc1nc(NC(=O)C(=O)N(CC(C)C)CC(C)C)sc1C. The van der Waals surface area contributed by atoms with E-state index in [-0.39, 0.29) is 0 Å². The minimum Gasteiger partial charge on any atom is -0.334 e. The quantitative estimate of drug-likeness (QED) is 0.851. The fourth-order valence-electron chi connectivity index (χ4n) is 1.94. The number of aromatic nitrogens is 1. The summed E-state index contributed by atoms with van der Waals surface area (Å²) in [5.41, 5.74) is 0.879. The molecule has 1 N–H and O–H groups in total. The van der Waals surface area contributed by atoms with Crippen LogP contribution in [0.4, 0.5) is 5.13 Å². The fourth-order valence-corrected chi connectivity index (χ4v) is 2.75. The third-order valence-electron chi connectivity index (χ3n) is 2.90. The molecule has 0 unspecified atom stereocenters. The molecule has 21 heavy (non-hydrogen) atoms. The van der Waals surface area contributed by atoms with Crippen molar-refractivity contribution in [3.05, 3.63) is 10.6 Å². The lowest BCUT2D eigenvalue weighted by atomic mass is 10.1. The van der Waals surface area contributed by atoms with Gasteiger partial charge in [0, 0.05) is 18.0 Å². The number of nitrogens with zero attached hydrogens (tertiary/aromatic N) is 2. The maximum absolute atomic E-state index is 12.3. The van der Waals surface area contributed by atoms with Crippen molar-refractivity contribution in [2.24, 2.45) is 11.8 Å². The van der Waals surface area contributed by atoms with E-state index in [0.29, 0.717) is 30.1 Å². The third-order valence-corrected chi connectivity index (χ3v) is 3.89. The summed E-state index contributed by atoms with van der Waals surface area (Å²) in [5.74, 6) is -0.442. The van der Waals surface area contributed by atoms with Crippen LogP contribution in [0, 0.1) is 25.7 Å². The lowest BCUT2D eigenvalue weighted by Crippen LogP contribution is -2.43. The second-order valence-corrected chi connectivity index (χ2v) is 7.32. The maximum Gasteiger partial charge on any atom is 0.315 e. The van der Waals surface area contributed by atoms with E-state index in [0.717, 1.165) is 10.6 Å². The van der Waals surface area contributed by atoms with E-state index in [2.05, 4.69) is 10.3 Å². The van der Waals surface area contributed by atoms with Crippen LogP contribution < -0.4 is 5.32 Å².